The van der Waals surface area contributed by atoms with Gasteiger partial charge in [-0.15, -0.1) is 24.0 Å². The van der Waals surface area contributed by atoms with E-state index in [-0.39, 0.29) is 35.2 Å². The van der Waals surface area contributed by atoms with E-state index in [4.69, 9.17) is 4.74 Å². The van der Waals surface area contributed by atoms with Crippen LogP contribution < -0.4 is 15.4 Å². The molecule has 27 heavy (non-hydrogen) atoms. The highest BCUT2D eigenvalue weighted by Gasteiger charge is 2.44. The van der Waals surface area contributed by atoms with Crippen molar-refractivity contribution >= 4 is 29.9 Å². The van der Waals surface area contributed by atoms with Gasteiger partial charge in [0, 0.05) is 25.6 Å². The van der Waals surface area contributed by atoms with Crippen molar-refractivity contribution in [1.29, 1.82) is 0 Å². The first-order valence-electron chi connectivity index (χ1n) is 8.99. The molecule has 0 amide bonds. The fourth-order valence-corrected chi connectivity index (χ4v) is 3.13. The average Bonchev–Trinajstić information content (AvgIpc) is 3.46. The van der Waals surface area contributed by atoms with Crippen LogP contribution in [0.4, 0.5) is 4.39 Å². The molecule has 1 aliphatic carbocycles. The van der Waals surface area contributed by atoms with E-state index in [0.29, 0.717) is 0 Å². The number of nitrogens with one attached hydrogen (secondary N) is 2. The number of benzene rings is 2. The Hall–Kier alpha value is -1.83. The number of methoxy groups -OCH3 is 1. The van der Waals surface area contributed by atoms with Crippen LogP contribution in [0.2, 0.25) is 0 Å². The minimum absolute atomic E-state index is 0. The summed E-state index contributed by atoms with van der Waals surface area (Å²) in [5, 5.41) is 6.73. The molecule has 0 aliphatic heterocycles. The van der Waals surface area contributed by atoms with E-state index in [1.807, 2.05) is 18.2 Å². The van der Waals surface area contributed by atoms with E-state index in [9.17, 15) is 4.39 Å². The van der Waals surface area contributed by atoms with Crippen LogP contribution in [-0.4, -0.2) is 33.2 Å². The van der Waals surface area contributed by atoms with Crippen molar-refractivity contribution in [3.63, 3.8) is 0 Å². The van der Waals surface area contributed by atoms with E-state index in [1.165, 1.54) is 11.6 Å². The summed E-state index contributed by atoms with van der Waals surface area (Å²) in [4.78, 5) is 4.29. The van der Waals surface area contributed by atoms with Crippen molar-refractivity contribution in [3.05, 3.63) is 65.5 Å². The van der Waals surface area contributed by atoms with Crippen LogP contribution in [-0.2, 0) is 11.8 Å². The van der Waals surface area contributed by atoms with Crippen molar-refractivity contribution in [2.45, 2.75) is 24.7 Å². The van der Waals surface area contributed by atoms with Crippen LogP contribution in [0.5, 0.6) is 5.75 Å². The van der Waals surface area contributed by atoms with Gasteiger partial charge in [-0.3, -0.25) is 4.99 Å². The van der Waals surface area contributed by atoms with Gasteiger partial charge in [0.05, 0.1) is 7.11 Å². The van der Waals surface area contributed by atoms with E-state index in [2.05, 4.69) is 27.8 Å². The number of guanidine groups is 1. The molecule has 0 radical (unpaired) electrons. The third-order valence-electron chi connectivity index (χ3n) is 4.97. The van der Waals surface area contributed by atoms with Gasteiger partial charge in [-0.1, -0.05) is 24.3 Å². The maximum atomic E-state index is 13.5. The highest BCUT2D eigenvalue weighted by molar-refractivity contribution is 14.0. The standard InChI is InChI=1S/C21H26FN3O.HI/c1-23-20(24-13-10-16-6-8-19(26-2)9-7-16)25-15-21(11-12-21)17-4-3-5-18(22)14-17;/h3-9,14H,10-13,15H2,1-2H3,(H2,23,24,25);1H. The second kappa shape index (κ2) is 9.92. The molecule has 0 aromatic heterocycles. The molecule has 2 N–H and O–H groups in total. The number of aliphatic imine (C=N–C) groups is 1. The van der Waals surface area contributed by atoms with E-state index in [1.54, 1.807) is 26.3 Å². The first-order valence-corrected chi connectivity index (χ1v) is 8.99. The van der Waals surface area contributed by atoms with E-state index >= 15 is 0 Å². The largest absolute Gasteiger partial charge is 0.497 e. The molecule has 0 saturated heterocycles. The maximum absolute atomic E-state index is 13.5. The van der Waals surface area contributed by atoms with Gasteiger partial charge in [0.2, 0.25) is 0 Å². The van der Waals surface area contributed by atoms with Crippen LogP contribution in [0.25, 0.3) is 0 Å². The smallest absolute Gasteiger partial charge is 0.191 e. The van der Waals surface area contributed by atoms with Crippen LogP contribution in [0.1, 0.15) is 24.0 Å². The zero-order valence-electron chi connectivity index (χ0n) is 15.8. The molecule has 6 heteroatoms. The highest BCUT2D eigenvalue weighted by Crippen LogP contribution is 2.47. The van der Waals surface area contributed by atoms with Gasteiger partial charge in [-0.05, 0) is 54.7 Å². The van der Waals surface area contributed by atoms with Gasteiger partial charge in [-0.25, -0.2) is 4.39 Å². The van der Waals surface area contributed by atoms with Crippen LogP contribution in [0, 0.1) is 5.82 Å². The van der Waals surface area contributed by atoms with Gasteiger partial charge in [0.1, 0.15) is 11.6 Å². The van der Waals surface area contributed by atoms with Gasteiger partial charge >= 0.3 is 0 Å². The first-order chi connectivity index (χ1) is 12.6. The second-order valence-corrected chi connectivity index (χ2v) is 6.74. The van der Waals surface area contributed by atoms with E-state index < -0.39 is 0 Å². The van der Waals surface area contributed by atoms with Crippen molar-refractivity contribution in [2.24, 2.45) is 4.99 Å². The Bertz CT molecular complexity index is 760. The fraction of sp³-hybridized carbons (Fsp3) is 0.381. The number of hydrogen-bond acceptors (Lipinski definition) is 2. The predicted octanol–water partition coefficient (Wildman–Crippen LogP) is 3.89. The normalized spacial score (nSPS) is 14.9. The Morgan fingerprint density at radius 1 is 1.15 bits per heavy atom. The number of rotatable bonds is 7. The molecule has 1 fully saturated rings. The summed E-state index contributed by atoms with van der Waals surface area (Å²) in [7, 11) is 3.44. The Morgan fingerprint density at radius 3 is 2.48 bits per heavy atom. The molecule has 1 saturated carbocycles. The molecular formula is C21H27FIN3O. The molecule has 2 aromatic rings. The van der Waals surface area contributed by atoms with Gasteiger partial charge in [-0.2, -0.15) is 0 Å². The SMILES string of the molecule is CN=C(NCCc1ccc(OC)cc1)NCC1(c2cccc(F)c2)CC1.I. The maximum Gasteiger partial charge on any atom is 0.191 e. The van der Waals surface area contributed by atoms with Crippen molar-refractivity contribution in [3.8, 4) is 5.75 Å². The van der Waals surface area contributed by atoms with Crippen LogP contribution in [0.3, 0.4) is 0 Å². The molecule has 1 aliphatic rings. The number of hydrogen-bond donors (Lipinski definition) is 2. The number of halogens is 2. The van der Waals surface area contributed by atoms with Crippen molar-refractivity contribution < 1.29 is 9.13 Å². The third kappa shape index (κ3) is 5.82. The zero-order valence-corrected chi connectivity index (χ0v) is 18.1. The summed E-state index contributed by atoms with van der Waals surface area (Å²) in [6, 6.07) is 15.0. The molecule has 146 valence electrons. The minimum atomic E-state index is -0.171. The molecule has 4 nitrogen and oxygen atoms in total. The Kier molecular flexibility index (Phi) is 7.89. The lowest BCUT2D eigenvalue weighted by Gasteiger charge is -2.19. The average molecular weight is 483 g/mol. The summed E-state index contributed by atoms with van der Waals surface area (Å²) >= 11 is 0. The van der Waals surface area contributed by atoms with Gasteiger partial charge < -0.3 is 15.4 Å². The lowest BCUT2D eigenvalue weighted by Crippen LogP contribution is -2.42. The minimum Gasteiger partial charge on any atom is -0.497 e. The monoisotopic (exact) mass is 483 g/mol. The predicted molar refractivity (Wildman–Crippen MR) is 119 cm³/mol. The lowest BCUT2D eigenvalue weighted by molar-refractivity contribution is 0.414. The van der Waals surface area contributed by atoms with Gasteiger partial charge in [0.15, 0.2) is 5.96 Å². The summed E-state index contributed by atoms with van der Waals surface area (Å²) in [6.07, 6.45) is 3.05. The van der Waals surface area contributed by atoms with Crippen LogP contribution in [0.15, 0.2) is 53.5 Å². The van der Waals surface area contributed by atoms with Crippen LogP contribution >= 0.6 is 24.0 Å². The second-order valence-electron chi connectivity index (χ2n) is 6.74. The summed E-state index contributed by atoms with van der Waals surface area (Å²) < 4.78 is 18.7. The Morgan fingerprint density at radius 2 is 1.89 bits per heavy atom. The summed E-state index contributed by atoms with van der Waals surface area (Å²) in [5.74, 6) is 1.48. The third-order valence-corrected chi connectivity index (χ3v) is 4.97. The molecule has 0 bridgehead atoms. The summed E-state index contributed by atoms with van der Waals surface area (Å²) in [5.41, 5.74) is 2.35. The van der Waals surface area contributed by atoms with Gasteiger partial charge in [0.25, 0.3) is 0 Å². The summed E-state index contributed by atoms with van der Waals surface area (Å²) in [6.45, 7) is 1.55. The quantitative estimate of drug-likeness (QED) is 0.357. The molecule has 0 spiro atoms. The molecule has 0 heterocycles. The molecule has 3 rings (SSSR count). The molecule has 0 atom stereocenters. The highest BCUT2D eigenvalue weighted by atomic mass is 127. The Balaban J connectivity index is 0.00000261. The molecule has 2 aromatic carbocycles. The Labute approximate surface area is 177 Å². The molecular weight excluding hydrogens is 456 g/mol. The molecule has 0 unspecified atom stereocenters. The number of nitrogens with zero attached hydrogens (tertiary/aromatic N) is 1. The van der Waals surface area contributed by atoms with Crippen molar-refractivity contribution in [1.82, 2.24) is 10.6 Å². The topological polar surface area (TPSA) is 45.7 Å². The number of ether oxygens (including phenoxy) is 1. The first kappa shape index (κ1) is 21.5. The van der Waals surface area contributed by atoms with E-state index in [0.717, 1.165) is 49.6 Å². The lowest BCUT2D eigenvalue weighted by atomic mass is 9.96. The zero-order chi connectivity index (χ0) is 18.4. The van der Waals surface area contributed by atoms with Crippen molar-refractivity contribution in [2.75, 3.05) is 27.2 Å². The fourth-order valence-electron chi connectivity index (χ4n) is 3.13.